The fourth-order valence-electron chi connectivity index (χ4n) is 3.12. The van der Waals surface area contributed by atoms with Gasteiger partial charge in [-0.25, -0.2) is 4.68 Å². The number of thiocarbonyl (C=S) groups is 1. The van der Waals surface area contributed by atoms with E-state index in [1.807, 2.05) is 66.3 Å². The molecule has 5 nitrogen and oxygen atoms in total. The summed E-state index contributed by atoms with van der Waals surface area (Å²) in [6.45, 7) is 4.07. The van der Waals surface area contributed by atoms with E-state index >= 15 is 0 Å². The van der Waals surface area contributed by atoms with Crippen molar-refractivity contribution in [2.45, 2.75) is 26.3 Å². The fourth-order valence-corrected chi connectivity index (χ4v) is 4.58. The number of amides is 1. The molecule has 3 aromatic rings. The van der Waals surface area contributed by atoms with Crippen LogP contribution in [0.2, 0.25) is 0 Å². The Morgan fingerprint density at radius 3 is 2.59 bits per heavy atom. The lowest BCUT2D eigenvalue weighted by Gasteiger charge is -2.21. The van der Waals surface area contributed by atoms with Crippen LogP contribution in [0.1, 0.15) is 25.8 Å². The van der Waals surface area contributed by atoms with Gasteiger partial charge in [0.05, 0.1) is 10.6 Å². The summed E-state index contributed by atoms with van der Waals surface area (Å²) >= 11 is 6.81. The van der Waals surface area contributed by atoms with Gasteiger partial charge < -0.3 is 0 Å². The van der Waals surface area contributed by atoms with Crippen molar-refractivity contribution in [3.8, 4) is 16.9 Å². The molecule has 1 aromatic carbocycles. The molecule has 0 bridgehead atoms. The summed E-state index contributed by atoms with van der Waals surface area (Å²) in [5, 5.41) is 4.78. The molecule has 0 radical (unpaired) electrons. The predicted molar refractivity (Wildman–Crippen MR) is 122 cm³/mol. The van der Waals surface area contributed by atoms with Crippen LogP contribution in [-0.2, 0) is 4.79 Å². The first-order valence-electron chi connectivity index (χ1n) is 9.41. The minimum Gasteiger partial charge on any atom is -0.290 e. The Balaban J connectivity index is 1.79. The lowest BCUT2D eigenvalue weighted by atomic mass is 10.1. The van der Waals surface area contributed by atoms with Crippen molar-refractivity contribution in [3.63, 3.8) is 0 Å². The quantitative estimate of drug-likeness (QED) is 0.432. The zero-order valence-electron chi connectivity index (χ0n) is 16.1. The summed E-state index contributed by atoms with van der Waals surface area (Å²) < 4.78 is 2.44. The van der Waals surface area contributed by atoms with Crippen LogP contribution in [0.4, 0.5) is 0 Å². The third kappa shape index (κ3) is 3.88. The lowest BCUT2D eigenvalue weighted by Crippen LogP contribution is -2.36. The molecule has 1 aliphatic heterocycles. The average molecular weight is 421 g/mol. The van der Waals surface area contributed by atoms with Gasteiger partial charge in [-0.3, -0.25) is 14.7 Å². The van der Waals surface area contributed by atoms with Gasteiger partial charge in [0.15, 0.2) is 0 Å². The molecule has 1 amide bonds. The van der Waals surface area contributed by atoms with E-state index in [-0.39, 0.29) is 11.9 Å². The highest BCUT2D eigenvalue weighted by Crippen LogP contribution is 2.36. The van der Waals surface area contributed by atoms with E-state index in [4.69, 9.17) is 17.3 Å². The van der Waals surface area contributed by atoms with Crippen molar-refractivity contribution in [1.29, 1.82) is 0 Å². The van der Waals surface area contributed by atoms with E-state index in [2.05, 4.69) is 11.9 Å². The smallest absolute Gasteiger partial charge is 0.266 e. The Labute approximate surface area is 179 Å². The summed E-state index contributed by atoms with van der Waals surface area (Å²) in [5.74, 6) is -0.0394. The van der Waals surface area contributed by atoms with Crippen molar-refractivity contribution < 1.29 is 4.79 Å². The third-order valence-corrected chi connectivity index (χ3v) is 6.19. The van der Waals surface area contributed by atoms with Crippen LogP contribution in [0.15, 0.2) is 66.0 Å². The Morgan fingerprint density at radius 1 is 1.17 bits per heavy atom. The first-order valence-corrected chi connectivity index (χ1v) is 10.6. The topological polar surface area (TPSA) is 51.0 Å². The standard InChI is InChI=1S/C22H20N4OS2/c1-3-15(2)26-21(27)19(29-22(26)28)13-17-14-25(18-7-5-4-6-8-18)24-20(17)16-9-11-23-12-10-16/h4-15H,3H2,1-2H3. The maximum atomic E-state index is 13.0. The third-order valence-electron chi connectivity index (χ3n) is 4.86. The number of para-hydroxylation sites is 1. The Bertz CT molecular complexity index is 1080. The maximum absolute atomic E-state index is 13.0. The molecular weight excluding hydrogens is 400 g/mol. The van der Waals surface area contributed by atoms with Crippen LogP contribution in [0.3, 0.4) is 0 Å². The van der Waals surface area contributed by atoms with Gasteiger partial charge in [-0.2, -0.15) is 5.10 Å². The van der Waals surface area contributed by atoms with Gasteiger partial charge >= 0.3 is 0 Å². The zero-order chi connectivity index (χ0) is 20.4. The predicted octanol–water partition coefficient (Wildman–Crippen LogP) is 4.93. The molecule has 3 heterocycles. The molecule has 0 aliphatic carbocycles. The summed E-state index contributed by atoms with van der Waals surface area (Å²) in [6.07, 6.45) is 8.17. The highest BCUT2D eigenvalue weighted by Gasteiger charge is 2.35. The van der Waals surface area contributed by atoms with Crippen LogP contribution in [-0.4, -0.2) is 35.9 Å². The molecule has 0 saturated carbocycles. The second-order valence-electron chi connectivity index (χ2n) is 6.76. The molecule has 0 spiro atoms. The van der Waals surface area contributed by atoms with Gasteiger partial charge in [0.2, 0.25) is 0 Å². The minimum atomic E-state index is -0.0394. The molecule has 146 valence electrons. The van der Waals surface area contributed by atoms with Gasteiger partial charge in [-0.15, -0.1) is 0 Å². The van der Waals surface area contributed by atoms with Crippen molar-refractivity contribution in [2.24, 2.45) is 0 Å². The molecule has 2 aromatic heterocycles. The number of hydrogen-bond donors (Lipinski definition) is 0. The molecule has 29 heavy (non-hydrogen) atoms. The summed E-state index contributed by atoms with van der Waals surface area (Å²) in [6, 6.07) is 13.8. The van der Waals surface area contributed by atoms with E-state index in [0.717, 1.165) is 28.9 Å². The van der Waals surface area contributed by atoms with Crippen molar-refractivity contribution in [1.82, 2.24) is 19.7 Å². The monoisotopic (exact) mass is 420 g/mol. The van der Waals surface area contributed by atoms with Crippen LogP contribution in [0.5, 0.6) is 0 Å². The van der Waals surface area contributed by atoms with E-state index in [9.17, 15) is 4.79 Å². The number of benzene rings is 1. The second-order valence-corrected chi connectivity index (χ2v) is 8.43. The van der Waals surface area contributed by atoms with Crippen molar-refractivity contribution in [3.05, 3.63) is 71.5 Å². The lowest BCUT2D eigenvalue weighted by molar-refractivity contribution is -0.123. The SMILES string of the molecule is CCC(C)N1C(=O)C(=Cc2cn(-c3ccccc3)nc2-c2ccncc2)SC1=S. The largest absolute Gasteiger partial charge is 0.290 e. The maximum Gasteiger partial charge on any atom is 0.266 e. The number of rotatable bonds is 5. The molecule has 1 aliphatic rings. The number of carbonyl (C=O) groups excluding carboxylic acids is 1. The molecule has 4 rings (SSSR count). The Hall–Kier alpha value is -2.77. The van der Waals surface area contributed by atoms with Crippen LogP contribution in [0.25, 0.3) is 23.0 Å². The van der Waals surface area contributed by atoms with Gasteiger partial charge in [0.1, 0.15) is 10.0 Å². The van der Waals surface area contributed by atoms with Crippen LogP contribution >= 0.6 is 24.0 Å². The highest BCUT2D eigenvalue weighted by atomic mass is 32.2. The number of pyridine rings is 1. The van der Waals surface area contributed by atoms with E-state index in [1.165, 1.54) is 11.8 Å². The molecule has 0 N–H and O–H groups in total. The summed E-state index contributed by atoms with van der Waals surface area (Å²) in [4.78, 5) is 19.4. The molecule has 1 fully saturated rings. The summed E-state index contributed by atoms with van der Waals surface area (Å²) in [5.41, 5.74) is 3.56. The normalized spacial score (nSPS) is 16.6. The number of thioether (sulfide) groups is 1. The Kier molecular flexibility index (Phi) is 5.60. The Morgan fingerprint density at radius 2 is 1.90 bits per heavy atom. The second kappa shape index (κ2) is 8.31. The number of aromatic nitrogens is 3. The molecule has 7 heteroatoms. The average Bonchev–Trinajstić information content (AvgIpc) is 3.30. The molecule has 1 saturated heterocycles. The van der Waals surface area contributed by atoms with E-state index in [0.29, 0.717) is 9.23 Å². The van der Waals surface area contributed by atoms with Crippen LogP contribution in [0, 0.1) is 0 Å². The van der Waals surface area contributed by atoms with Crippen LogP contribution < -0.4 is 0 Å². The molecule has 1 atom stereocenters. The minimum absolute atomic E-state index is 0.0394. The van der Waals surface area contributed by atoms with Gasteiger partial charge in [-0.1, -0.05) is 49.1 Å². The van der Waals surface area contributed by atoms with Gasteiger partial charge in [0, 0.05) is 35.8 Å². The summed E-state index contributed by atoms with van der Waals surface area (Å²) in [7, 11) is 0. The van der Waals surface area contributed by atoms with Crippen molar-refractivity contribution in [2.75, 3.05) is 0 Å². The first-order chi connectivity index (χ1) is 14.1. The van der Waals surface area contributed by atoms with Gasteiger partial charge in [-0.05, 0) is 43.7 Å². The highest BCUT2D eigenvalue weighted by molar-refractivity contribution is 8.26. The molecule has 1 unspecified atom stereocenters. The van der Waals surface area contributed by atoms with E-state index in [1.54, 1.807) is 17.3 Å². The zero-order valence-corrected chi connectivity index (χ0v) is 17.8. The number of hydrogen-bond acceptors (Lipinski definition) is 5. The molecular formula is C22H20N4OS2. The number of nitrogens with zero attached hydrogens (tertiary/aromatic N) is 4. The van der Waals surface area contributed by atoms with Crippen molar-refractivity contribution >= 4 is 40.3 Å². The van der Waals surface area contributed by atoms with E-state index < -0.39 is 0 Å². The number of carbonyl (C=O) groups is 1. The first kappa shape index (κ1) is 19.5. The fraction of sp³-hybridized carbons (Fsp3) is 0.182. The van der Waals surface area contributed by atoms with Gasteiger partial charge in [0.25, 0.3) is 5.91 Å².